The van der Waals surface area contributed by atoms with E-state index >= 15 is 0 Å². The van der Waals surface area contributed by atoms with Crippen LogP contribution in [0.15, 0.2) is 24.3 Å². The third kappa shape index (κ3) is 3.35. The van der Waals surface area contributed by atoms with E-state index in [0.717, 1.165) is 18.9 Å². The molecule has 1 aliphatic rings. The van der Waals surface area contributed by atoms with Crippen molar-refractivity contribution in [2.45, 2.75) is 51.6 Å². The first-order valence-corrected chi connectivity index (χ1v) is 6.12. The minimum absolute atomic E-state index is 0.616. The molecule has 0 aliphatic heterocycles. The Kier molecular flexibility index (Phi) is 3.42. The molecule has 15 heavy (non-hydrogen) atoms. The van der Waals surface area contributed by atoms with E-state index in [-0.39, 0.29) is 0 Å². The zero-order valence-electron chi connectivity index (χ0n) is 9.79. The van der Waals surface area contributed by atoms with Gasteiger partial charge in [0.2, 0.25) is 0 Å². The summed E-state index contributed by atoms with van der Waals surface area (Å²) in [4.78, 5) is 0. The summed E-state index contributed by atoms with van der Waals surface area (Å²) in [7, 11) is 0. The van der Waals surface area contributed by atoms with Gasteiger partial charge in [-0.05, 0) is 43.7 Å². The Balaban J connectivity index is 1.85. The second kappa shape index (κ2) is 4.80. The zero-order chi connectivity index (χ0) is 10.7. The van der Waals surface area contributed by atoms with Crippen LogP contribution in [-0.4, -0.2) is 12.1 Å². The lowest BCUT2D eigenvalue weighted by atomic mass is 10.0. The topological polar surface area (TPSA) is 12.0 Å². The Hall–Kier alpha value is -0.820. The standard InChI is InChI=1S/C14H21N/c1-3-12-4-6-13(7-5-12)10-11(2)15-14-8-9-14/h4-7,11,14-15H,3,8-10H2,1-2H3. The Labute approximate surface area is 92.9 Å². The summed E-state index contributed by atoms with van der Waals surface area (Å²) in [5.74, 6) is 0. The minimum atomic E-state index is 0.616. The Morgan fingerprint density at radius 2 is 1.80 bits per heavy atom. The van der Waals surface area contributed by atoms with Gasteiger partial charge in [-0.1, -0.05) is 31.2 Å². The van der Waals surface area contributed by atoms with E-state index in [1.54, 1.807) is 0 Å². The molecule has 0 saturated heterocycles. The van der Waals surface area contributed by atoms with Gasteiger partial charge in [0.05, 0.1) is 0 Å². The molecule has 1 aliphatic carbocycles. The van der Waals surface area contributed by atoms with Crippen LogP contribution in [0.2, 0.25) is 0 Å². The average Bonchev–Trinajstić information content (AvgIpc) is 3.03. The maximum absolute atomic E-state index is 3.63. The van der Waals surface area contributed by atoms with Crippen LogP contribution in [0, 0.1) is 0 Å². The lowest BCUT2D eigenvalue weighted by molar-refractivity contribution is 0.542. The summed E-state index contributed by atoms with van der Waals surface area (Å²) < 4.78 is 0. The number of aryl methyl sites for hydroxylation is 1. The van der Waals surface area contributed by atoms with Crippen LogP contribution >= 0.6 is 0 Å². The van der Waals surface area contributed by atoms with Crippen molar-refractivity contribution in [3.8, 4) is 0 Å². The van der Waals surface area contributed by atoms with Crippen molar-refractivity contribution in [2.75, 3.05) is 0 Å². The largest absolute Gasteiger partial charge is 0.311 e. The fraction of sp³-hybridized carbons (Fsp3) is 0.571. The molecule has 1 aromatic carbocycles. The third-order valence-electron chi connectivity index (χ3n) is 3.07. The first kappa shape index (κ1) is 10.7. The zero-order valence-corrected chi connectivity index (χ0v) is 9.79. The van der Waals surface area contributed by atoms with Crippen molar-refractivity contribution in [1.29, 1.82) is 0 Å². The van der Waals surface area contributed by atoms with E-state index in [0.29, 0.717) is 6.04 Å². The monoisotopic (exact) mass is 203 g/mol. The number of hydrogen-bond donors (Lipinski definition) is 1. The van der Waals surface area contributed by atoms with Gasteiger partial charge in [-0.2, -0.15) is 0 Å². The van der Waals surface area contributed by atoms with Crippen molar-refractivity contribution in [3.05, 3.63) is 35.4 Å². The smallest absolute Gasteiger partial charge is 0.00817 e. The van der Waals surface area contributed by atoms with Gasteiger partial charge < -0.3 is 5.32 Å². The lowest BCUT2D eigenvalue weighted by Gasteiger charge is -2.13. The van der Waals surface area contributed by atoms with Crippen molar-refractivity contribution in [3.63, 3.8) is 0 Å². The summed E-state index contributed by atoms with van der Waals surface area (Å²) in [6.45, 7) is 4.48. The quantitative estimate of drug-likeness (QED) is 0.776. The van der Waals surface area contributed by atoms with Crippen molar-refractivity contribution in [2.24, 2.45) is 0 Å². The molecule has 1 fully saturated rings. The van der Waals surface area contributed by atoms with Gasteiger partial charge in [0.15, 0.2) is 0 Å². The van der Waals surface area contributed by atoms with Gasteiger partial charge >= 0.3 is 0 Å². The molecule has 0 aromatic heterocycles. The van der Waals surface area contributed by atoms with Gasteiger partial charge in [0.1, 0.15) is 0 Å². The van der Waals surface area contributed by atoms with Crippen LogP contribution in [0.3, 0.4) is 0 Å². The van der Waals surface area contributed by atoms with Crippen LogP contribution in [0.4, 0.5) is 0 Å². The molecule has 1 atom stereocenters. The fourth-order valence-corrected chi connectivity index (χ4v) is 1.98. The second-order valence-corrected chi connectivity index (χ2v) is 4.72. The molecule has 82 valence electrons. The first-order valence-electron chi connectivity index (χ1n) is 6.12. The third-order valence-corrected chi connectivity index (χ3v) is 3.07. The van der Waals surface area contributed by atoms with E-state index in [4.69, 9.17) is 0 Å². The average molecular weight is 203 g/mol. The van der Waals surface area contributed by atoms with Crippen molar-refractivity contribution >= 4 is 0 Å². The molecule has 1 N–H and O–H groups in total. The molecule has 1 heteroatoms. The molecule has 1 nitrogen and oxygen atoms in total. The van der Waals surface area contributed by atoms with Gasteiger partial charge in [0.25, 0.3) is 0 Å². The maximum atomic E-state index is 3.63. The molecule has 0 radical (unpaired) electrons. The molecular weight excluding hydrogens is 182 g/mol. The van der Waals surface area contributed by atoms with E-state index < -0.39 is 0 Å². The summed E-state index contributed by atoms with van der Waals surface area (Å²) in [6.07, 6.45) is 5.04. The summed E-state index contributed by atoms with van der Waals surface area (Å²) in [5, 5.41) is 3.63. The number of rotatable bonds is 5. The molecule has 1 unspecified atom stereocenters. The first-order chi connectivity index (χ1) is 7.28. The van der Waals surface area contributed by atoms with E-state index in [1.165, 1.54) is 24.0 Å². The van der Waals surface area contributed by atoms with Crippen LogP contribution in [0.25, 0.3) is 0 Å². The fourth-order valence-electron chi connectivity index (χ4n) is 1.98. The van der Waals surface area contributed by atoms with Crippen LogP contribution in [0.1, 0.15) is 37.8 Å². The normalized spacial score (nSPS) is 17.7. The van der Waals surface area contributed by atoms with E-state index in [2.05, 4.69) is 43.4 Å². The highest BCUT2D eigenvalue weighted by atomic mass is 15.0. The number of nitrogens with one attached hydrogen (secondary N) is 1. The molecule has 1 saturated carbocycles. The highest BCUT2D eigenvalue weighted by molar-refractivity contribution is 5.23. The molecule has 0 spiro atoms. The Morgan fingerprint density at radius 3 is 2.33 bits per heavy atom. The second-order valence-electron chi connectivity index (χ2n) is 4.72. The van der Waals surface area contributed by atoms with E-state index in [9.17, 15) is 0 Å². The molecule has 0 bridgehead atoms. The van der Waals surface area contributed by atoms with Crippen molar-refractivity contribution < 1.29 is 0 Å². The minimum Gasteiger partial charge on any atom is -0.311 e. The molecule has 0 heterocycles. The summed E-state index contributed by atoms with van der Waals surface area (Å²) >= 11 is 0. The van der Waals surface area contributed by atoms with Gasteiger partial charge in [-0.3, -0.25) is 0 Å². The number of benzene rings is 1. The van der Waals surface area contributed by atoms with E-state index in [1.807, 2.05) is 0 Å². The summed E-state index contributed by atoms with van der Waals surface area (Å²) in [6, 6.07) is 10.5. The van der Waals surface area contributed by atoms with Crippen molar-refractivity contribution in [1.82, 2.24) is 5.32 Å². The van der Waals surface area contributed by atoms with Gasteiger partial charge in [0, 0.05) is 12.1 Å². The molecule has 0 amide bonds. The van der Waals surface area contributed by atoms with Gasteiger partial charge in [-0.25, -0.2) is 0 Å². The van der Waals surface area contributed by atoms with Crippen LogP contribution < -0.4 is 5.32 Å². The van der Waals surface area contributed by atoms with Crippen LogP contribution in [0.5, 0.6) is 0 Å². The number of hydrogen-bond acceptors (Lipinski definition) is 1. The highest BCUT2D eigenvalue weighted by Crippen LogP contribution is 2.20. The van der Waals surface area contributed by atoms with Gasteiger partial charge in [-0.15, -0.1) is 0 Å². The SMILES string of the molecule is CCc1ccc(CC(C)NC2CC2)cc1. The molecule has 2 rings (SSSR count). The predicted octanol–water partition coefficient (Wildman–Crippen LogP) is 2.93. The van der Waals surface area contributed by atoms with Crippen LogP contribution in [-0.2, 0) is 12.8 Å². The Bertz CT molecular complexity index is 298. The predicted molar refractivity (Wildman–Crippen MR) is 65.1 cm³/mol. The molecule has 1 aromatic rings. The molecular formula is C14H21N. The highest BCUT2D eigenvalue weighted by Gasteiger charge is 2.22. The Morgan fingerprint density at radius 1 is 1.20 bits per heavy atom. The lowest BCUT2D eigenvalue weighted by Crippen LogP contribution is -2.29. The summed E-state index contributed by atoms with van der Waals surface area (Å²) in [5.41, 5.74) is 2.88. The maximum Gasteiger partial charge on any atom is 0.00817 e.